The van der Waals surface area contributed by atoms with Crippen molar-refractivity contribution in [2.75, 3.05) is 6.54 Å². The summed E-state index contributed by atoms with van der Waals surface area (Å²) in [6, 6.07) is 4.45. The predicted molar refractivity (Wildman–Crippen MR) is 66.8 cm³/mol. The van der Waals surface area contributed by atoms with E-state index in [1.807, 2.05) is 12.3 Å². The Morgan fingerprint density at radius 1 is 1.38 bits per heavy atom. The zero-order valence-corrected chi connectivity index (χ0v) is 10.4. The molecule has 0 aliphatic carbocycles. The summed E-state index contributed by atoms with van der Waals surface area (Å²) >= 11 is 0. The van der Waals surface area contributed by atoms with Gasteiger partial charge in [-0.05, 0) is 50.6 Å². The van der Waals surface area contributed by atoms with Gasteiger partial charge in [0.15, 0.2) is 0 Å². The molecular formula is C13H19N3. The van der Waals surface area contributed by atoms with Crippen LogP contribution in [0.1, 0.15) is 36.7 Å². The minimum atomic E-state index is 0.334. The van der Waals surface area contributed by atoms with Gasteiger partial charge in [-0.25, -0.2) is 4.52 Å². The fourth-order valence-corrected chi connectivity index (χ4v) is 2.30. The Labute approximate surface area is 96.5 Å². The summed E-state index contributed by atoms with van der Waals surface area (Å²) < 4.78 is 2.05. The third-order valence-corrected chi connectivity index (χ3v) is 3.23. The molecule has 0 amide bonds. The van der Waals surface area contributed by atoms with E-state index in [1.54, 1.807) is 0 Å². The van der Waals surface area contributed by atoms with E-state index in [-0.39, 0.29) is 0 Å². The lowest BCUT2D eigenvalue weighted by Crippen LogP contribution is -2.20. The first-order valence-electron chi connectivity index (χ1n) is 5.83. The molecule has 0 bridgehead atoms. The monoisotopic (exact) mass is 217 g/mol. The van der Waals surface area contributed by atoms with Crippen LogP contribution in [-0.2, 0) is 0 Å². The predicted octanol–water partition coefficient (Wildman–Crippen LogP) is 2.62. The summed E-state index contributed by atoms with van der Waals surface area (Å²) in [4.78, 5) is 0. The minimum absolute atomic E-state index is 0.334. The van der Waals surface area contributed by atoms with E-state index in [4.69, 9.17) is 0 Å². The van der Waals surface area contributed by atoms with Crippen LogP contribution in [0.2, 0.25) is 0 Å². The van der Waals surface area contributed by atoms with Gasteiger partial charge < -0.3 is 5.32 Å². The molecule has 2 aromatic heterocycles. The Morgan fingerprint density at radius 3 is 2.81 bits per heavy atom. The number of nitrogens with zero attached hydrogens (tertiary/aromatic N) is 2. The molecule has 0 saturated heterocycles. The highest BCUT2D eigenvalue weighted by atomic mass is 15.2. The molecular weight excluding hydrogens is 198 g/mol. The van der Waals surface area contributed by atoms with E-state index in [1.165, 1.54) is 22.3 Å². The maximum Gasteiger partial charge on any atom is 0.0682 e. The topological polar surface area (TPSA) is 29.3 Å². The van der Waals surface area contributed by atoms with Crippen molar-refractivity contribution >= 4 is 5.52 Å². The van der Waals surface area contributed by atoms with Gasteiger partial charge in [-0.15, -0.1) is 0 Å². The molecule has 1 unspecified atom stereocenters. The van der Waals surface area contributed by atoms with Crippen molar-refractivity contribution in [2.45, 2.75) is 33.7 Å². The van der Waals surface area contributed by atoms with Crippen LogP contribution in [-0.4, -0.2) is 16.2 Å². The molecule has 0 aliphatic rings. The minimum Gasteiger partial charge on any atom is -0.309 e. The van der Waals surface area contributed by atoms with Crippen molar-refractivity contribution in [1.29, 1.82) is 0 Å². The second-order valence-corrected chi connectivity index (χ2v) is 4.24. The van der Waals surface area contributed by atoms with Gasteiger partial charge in [0.05, 0.1) is 11.2 Å². The molecule has 2 heterocycles. The van der Waals surface area contributed by atoms with Gasteiger partial charge in [-0.1, -0.05) is 6.92 Å². The van der Waals surface area contributed by atoms with Crippen LogP contribution in [0, 0.1) is 13.8 Å². The molecule has 3 heteroatoms. The molecule has 2 aromatic rings. The second-order valence-electron chi connectivity index (χ2n) is 4.24. The Morgan fingerprint density at radius 2 is 2.12 bits per heavy atom. The number of fused-ring (bicyclic) bond motifs is 1. The molecule has 2 rings (SSSR count). The number of nitrogens with one attached hydrogen (secondary N) is 1. The Hall–Kier alpha value is -1.35. The smallest absolute Gasteiger partial charge is 0.0682 e. The first-order chi connectivity index (χ1) is 7.66. The van der Waals surface area contributed by atoms with Gasteiger partial charge in [0.2, 0.25) is 0 Å². The normalized spacial score (nSPS) is 13.2. The Balaban J connectivity index is 2.64. The van der Waals surface area contributed by atoms with Crippen molar-refractivity contribution in [3.8, 4) is 0 Å². The van der Waals surface area contributed by atoms with Crippen LogP contribution < -0.4 is 5.32 Å². The highest BCUT2D eigenvalue weighted by Crippen LogP contribution is 2.25. The number of aryl methyl sites for hydroxylation is 1. The quantitative estimate of drug-likeness (QED) is 0.856. The van der Waals surface area contributed by atoms with Gasteiger partial charge in [-0.3, -0.25) is 0 Å². The van der Waals surface area contributed by atoms with E-state index in [0.29, 0.717) is 6.04 Å². The lowest BCUT2D eigenvalue weighted by molar-refractivity contribution is 0.567. The van der Waals surface area contributed by atoms with E-state index in [2.05, 4.69) is 48.7 Å². The molecule has 3 nitrogen and oxygen atoms in total. The molecule has 0 saturated carbocycles. The third-order valence-electron chi connectivity index (χ3n) is 3.23. The number of hydrogen-bond acceptors (Lipinski definition) is 2. The van der Waals surface area contributed by atoms with Crippen LogP contribution in [0.3, 0.4) is 0 Å². The SMILES string of the molecule is CCNC(C)c1c(C)c(C)c2cccnn12. The number of hydrogen-bond donors (Lipinski definition) is 1. The fourth-order valence-electron chi connectivity index (χ4n) is 2.30. The first kappa shape index (κ1) is 11.1. The molecule has 0 aliphatic heterocycles. The lowest BCUT2D eigenvalue weighted by Gasteiger charge is -2.13. The largest absolute Gasteiger partial charge is 0.309 e. The standard InChI is InChI=1S/C13H19N3/c1-5-14-11(4)13-10(3)9(2)12-7-6-8-15-16(12)13/h6-8,11,14H,5H2,1-4H3. The average Bonchev–Trinajstić information content (AvgIpc) is 2.53. The van der Waals surface area contributed by atoms with Gasteiger partial charge in [0.25, 0.3) is 0 Å². The zero-order valence-electron chi connectivity index (χ0n) is 10.4. The maximum atomic E-state index is 4.44. The van der Waals surface area contributed by atoms with Gasteiger partial charge in [-0.2, -0.15) is 5.10 Å². The van der Waals surface area contributed by atoms with Gasteiger partial charge >= 0.3 is 0 Å². The summed E-state index contributed by atoms with van der Waals surface area (Å²) in [6.45, 7) is 9.62. The summed E-state index contributed by atoms with van der Waals surface area (Å²) in [6.07, 6.45) is 1.84. The molecule has 86 valence electrons. The number of rotatable bonds is 3. The van der Waals surface area contributed by atoms with E-state index in [9.17, 15) is 0 Å². The Kier molecular flexibility index (Phi) is 2.97. The molecule has 0 spiro atoms. The van der Waals surface area contributed by atoms with Crippen LogP contribution in [0.25, 0.3) is 5.52 Å². The lowest BCUT2D eigenvalue weighted by atomic mass is 10.1. The van der Waals surface area contributed by atoms with Crippen LogP contribution in [0.5, 0.6) is 0 Å². The maximum absolute atomic E-state index is 4.44. The van der Waals surface area contributed by atoms with Crippen molar-refractivity contribution in [2.24, 2.45) is 0 Å². The average molecular weight is 217 g/mol. The first-order valence-corrected chi connectivity index (χ1v) is 5.83. The highest BCUT2D eigenvalue weighted by Gasteiger charge is 2.16. The van der Waals surface area contributed by atoms with Crippen LogP contribution in [0.4, 0.5) is 0 Å². The molecule has 1 atom stereocenters. The van der Waals surface area contributed by atoms with Crippen molar-refractivity contribution < 1.29 is 0 Å². The summed E-state index contributed by atoms with van der Waals surface area (Å²) in [7, 11) is 0. The second kappa shape index (κ2) is 4.26. The van der Waals surface area contributed by atoms with E-state index >= 15 is 0 Å². The molecule has 1 N–H and O–H groups in total. The zero-order chi connectivity index (χ0) is 11.7. The summed E-state index contributed by atoms with van der Waals surface area (Å²) in [5, 5.41) is 7.89. The van der Waals surface area contributed by atoms with E-state index < -0.39 is 0 Å². The Bertz CT molecular complexity index is 499. The number of aromatic nitrogens is 2. The highest BCUT2D eigenvalue weighted by molar-refractivity contribution is 5.60. The van der Waals surface area contributed by atoms with Crippen LogP contribution in [0.15, 0.2) is 18.3 Å². The molecule has 0 aromatic carbocycles. The van der Waals surface area contributed by atoms with Crippen LogP contribution >= 0.6 is 0 Å². The van der Waals surface area contributed by atoms with Crippen molar-refractivity contribution in [1.82, 2.24) is 14.9 Å². The molecule has 16 heavy (non-hydrogen) atoms. The summed E-state index contributed by atoms with van der Waals surface area (Å²) in [5.74, 6) is 0. The molecule has 0 fully saturated rings. The van der Waals surface area contributed by atoms with Gasteiger partial charge in [0.1, 0.15) is 0 Å². The van der Waals surface area contributed by atoms with Crippen molar-refractivity contribution in [3.05, 3.63) is 35.2 Å². The van der Waals surface area contributed by atoms with Crippen molar-refractivity contribution in [3.63, 3.8) is 0 Å². The van der Waals surface area contributed by atoms with Gasteiger partial charge in [0, 0.05) is 12.2 Å². The van der Waals surface area contributed by atoms with E-state index in [0.717, 1.165) is 6.54 Å². The fraction of sp³-hybridized carbons (Fsp3) is 0.462. The third kappa shape index (κ3) is 1.61. The summed E-state index contributed by atoms with van der Waals surface area (Å²) in [5.41, 5.74) is 5.15. The molecule has 0 radical (unpaired) electrons.